The predicted molar refractivity (Wildman–Crippen MR) is 114 cm³/mol. The molecule has 162 valence electrons. The van der Waals surface area contributed by atoms with Gasteiger partial charge in [-0.05, 0) is 74.5 Å². The van der Waals surface area contributed by atoms with Gasteiger partial charge in [-0.25, -0.2) is 4.39 Å². The fourth-order valence-electron chi connectivity index (χ4n) is 4.07. The van der Waals surface area contributed by atoms with Crippen LogP contribution >= 0.6 is 12.4 Å². The third-order valence-corrected chi connectivity index (χ3v) is 5.69. The molecule has 2 amide bonds. The molecule has 2 aromatic rings. The summed E-state index contributed by atoms with van der Waals surface area (Å²) in [5.74, 6) is 0.659. The van der Waals surface area contributed by atoms with Crippen molar-refractivity contribution in [1.82, 2.24) is 15.5 Å². The van der Waals surface area contributed by atoms with Crippen LogP contribution in [0.1, 0.15) is 36.2 Å². The van der Waals surface area contributed by atoms with Gasteiger partial charge in [-0.2, -0.15) is 0 Å². The second-order valence-corrected chi connectivity index (χ2v) is 7.82. The highest BCUT2D eigenvalue weighted by atomic mass is 35.5. The van der Waals surface area contributed by atoms with E-state index >= 15 is 0 Å². The molecule has 0 radical (unpaired) electrons. The van der Waals surface area contributed by atoms with Crippen molar-refractivity contribution in [1.29, 1.82) is 0 Å². The molecular formula is C22H27ClFN3O3. The van der Waals surface area contributed by atoms with Gasteiger partial charge in [0.2, 0.25) is 5.91 Å². The van der Waals surface area contributed by atoms with E-state index in [1.165, 1.54) is 12.1 Å². The number of hydrogen-bond donors (Lipinski definition) is 2. The molecule has 2 saturated heterocycles. The van der Waals surface area contributed by atoms with E-state index in [9.17, 15) is 14.0 Å². The van der Waals surface area contributed by atoms with E-state index in [2.05, 4.69) is 10.6 Å². The topological polar surface area (TPSA) is 74.6 Å². The maximum atomic E-state index is 13.1. The smallest absolute Gasteiger partial charge is 0.289 e. The highest BCUT2D eigenvalue weighted by Gasteiger charge is 2.28. The summed E-state index contributed by atoms with van der Waals surface area (Å²) in [6, 6.07) is 9.30. The second kappa shape index (κ2) is 10.1. The van der Waals surface area contributed by atoms with Crippen LogP contribution in [0.15, 0.2) is 40.8 Å². The Balaban J connectivity index is 0.00000256. The monoisotopic (exact) mass is 435 g/mol. The number of nitrogens with zero attached hydrogens (tertiary/aromatic N) is 1. The summed E-state index contributed by atoms with van der Waals surface area (Å²) in [4.78, 5) is 26.8. The molecule has 2 aliphatic rings. The average Bonchev–Trinajstić information content (AvgIpc) is 3.45. The fourth-order valence-corrected chi connectivity index (χ4v) is 4.07. The zero-order valence-corrected chi connectivity index (χ0v) is 17.6. The molecule has 1 aromatic carbocycles. The molecular weight excluding hydrogens is 409 g/mol. The third kappa shape index (κ3) is 5.21. The molecule has 2 fully saturated rings. The first-order chi connectivity index (χ1) is 14.1. The summed E-state index contributed by atoms with van der Waals surface area (Å²) in [6.45, 7) is 2.76. The Morgan fingerprint density at radius 3 is 2.67 bits per heavy atom. The Morgan fingerprint density at radius 1 is 1.13 bits per heavy atom. The molecule has 6 nitrogen and oxygen atoms in total. The van der Waals surface area contributed by atoms with Crippen molar-refractivity contribution in [3.8, 4) is 11.3 Å². The van der Waals surface area contributed by atoms with Crippen LogP contribution in [0, 0.1) is 11.7 Å². The van der Waals surface area contributed by atoms with Crippen molar-refractivity contribution in [2.24, 2.45) is 5.92 Å². The first-order valence-corrected chi connectivity index (χ1v) is 10.3. The van der Waals surface area contributed by atoms with Crippen LogP contribution in [0.4, 0.5) is 4.39 Å². The lowest BCUT2D eigenvalue weighted by molar-refractivity contribution is -0.123. The van der Waals surface area contributed by atoms with Crippen molar-refractivity contribution in [3.63, 3.8) is 0 Å². The number of rotatable bonds is 5. The van der Waals surface area contributed by atoms with Crippen LogP contribution in [0.2, 0.25) is 0 Å². The summed E-state index contributed by atoms with van der Waals surface area (Å²) in [5, 5.41) is 6.23. The first-order valence-electron chi connectivity index (χ1n) is 10.3. The average molecular weight is 436 g/mol. The summed E-state index contributed by atoms with van der Waals surface area (Å²) in [5.41, 5.74) is 0.727. The lowest BCUT2D eigenvalue weighted by atomic mass is 9.97. The quantitative estimate of drug-likeness (QED) is 0.756. The molecule has 2 N–H and O–H groups in total. The van der Waals surface area contributed by atoms with E-state index in [4.69, 9.17) is 4.42 Å². The highest BCUT2D eigenvalue weighted by Crippen LogP contribution is 2.25. The van der Waals surface area contributed by atoms with Gasteiger partial charge in [0.1, 0.15) is 11.6 Å². The number of carbonyl (C=O) groups is 2. The van der Waals surface area contributed by atoms with Crippen LogP contribution < -0.4 is 10.6 Å². The van der Waals surface area contributed by atoms with Gasteiger partial charge in [-0.15, -0.1) is 12.4 Å². The molecule has 1 aromatic heterocycles. The van der Waals surface area contributed by atoms with Crippen molar-refractivity contribution < 1.29 is 18.4 Å². The minimum atomic E-state index is -0.313. The number of piperidine rings is 1. The van der Waals surface area contributed by atoms with E-state index in [0.717, 1.165) is 37.8 Å². The Morgan fingerprint density at radius 2 is 1.93 bits per heavy atom. The molecule has 0 bridgehead atoms. The molecule has 30 heavy (non-hydrogen) atoms. The molecule has 0 aliphatic carbocycles. The Bertz CT molecular complexity index is 865. The lowest BCUT2D eigenvalue weighted by Crippen LogP contribution is -2.46. The van der Waals surface area contributed by atoms with Crippen LogP contribution in [0.5, 0.6) is 0 Å². The molecule has 0 saturated carbocycles. The normalized spacial score (nSPS) is 21.2. The third-order valence-electron chi connectivity index (χ3n) is 5.69. The Kier molecular flexibility index (Phi) is 7.50. The summed E-state index contributed by atoms with van der Waals surface area (Å²) in [7, 11) is 0. The van der Waals surface area contributed by atoms with Crippen molar-refractivity contribution in [2.75, 3.05) is 26.2 Å². The van der Waals surface area contributed by atoms with Gasteiger partial charge in [0, 0.05) is 25.2 Å². The highest BCUT2D eigenvalue weighted by molar-refractivity contribution is 5.92. The van der Waals surface area contributed by atoms with Gasteiger partial charge in [0.15, 0.2) is 5.76 Å². The van der Waals surface area contributed by atoms with Gasteiger partial charge >= 0.3 is 0 Å². The number of furan rings is 1. The molecule has 0 spiro atoms. The van der Waals surface area contributed by atoms with Crippen LogP contribution in [-0.2, 0) is 4.79 Å². The Labute approximate surface area is 181 Å². The number of halogens is 2. The van der Waals surface area contributed by atoms with Gasteiger partial charge in [0.05, 0.1) is 6.04 Å². The van der Waals surface area contributed by atoms with Gasteiger partial charge in [-0.1, -0.05) is 0 Å². The zero-order chi connectivity index (χ0) is 20.2. The largest absolute Gasteiger partial charge is 0.451 e. The summed E-state index contributed by atoms with van der Waals surface area (Å²) in [6.07, 6.45) is 3.81. The van der Waals surface area contributed by atoms with E-state index in [0.29, 0.717) is 25.4 Å². The van der Waals surface area contributed by atoms with Crippen molar-refractivity contribution in [3.05, 3.63) is 48.0 Å². The maximum Gasteiger partial charge on any atom is 0.289 e. The predicted octanol–water partition coefficient (Wildman–Crippen LogP) is 3.23. The van der Waals surface area contributed by atoms with Crippen LogP contribution in [-0.4, -0.2) is 48.9 Å². The fraction of sp³-hybridized carbons (Fsp3) is 0.455. The molecule has 2 aliphatic heterocycles. The van der Waals surface area contributed by atoms with Crippen LogP contribution in [0.25, 0.3) is 11.3 Å². The minimum Gasteiger partial charge on any atom is -0.451 e. The number of carbonyl (C=O) groups excluding carboxylic acids is 2. The van der Waals surface area contributed by atoms with Gasteiger partial charge in [0.25, 0.3) is 5.91 Å². The minimum absolute atomic E-state index is 0. The van der Waals surface area contributed by atoms with Gasteiger partial charge in [-0.3, -0.25) is 9.59 Å². The van der Waals surface area contributed by atoms with Gasteiger partial charge < -0.3 is 20.0 Å². The number of nitrogens with one attached hydrogen (secondary N) is 2. The lowest BCUT2D eigenvalue weighted by Gasteiger charge is -2.32. The SMILES string of the molecule is Cl.O=C(NCC1CCCN(C(=O)c2ccc(-c3ccc(F)cc3)o2)C1)C1CCCN1. The number of hydrogen-bond acceptors (Lipinski definition) is 4. The Hall–Kier alpha value is -2.38. The van der Waals surface area contributed by atoms with Crippen LogP contribution in [0.3, 0.4) is 0 Å². The second-order valence-electron chi connectivity index (χ2n) is 7.82. The van der Waals surface area contributed by atoms with Crippen molar-refractivity contribution in [2.45, 2.75) is 31.7 Å². The molecule has 8 heteroatoms. The van der Waals surface area contributed by atoms with E-state index < -0.39 is 0 Å². The molecule has 2 unspecified atom stereocenters. The first kappa shape index (κ1) is 22.3. The van der Waals surface area contributed by atoms with E-state index in [-0.39, 0.29) is 47.8 Å². The van der Waals surface area contributed by atoms with Crippen molar-refractivity contribution >= 4 is 24.2 Å². The summed E-state index contributed by atoms with van der Waals surface area (Å²) < 4.78 is 18.8. The molecule has 3 heterocycles. The number of likely N-dealkylation sites (tertiary alicyclic amines) is 1. The number of benzene rings is 1. The maximum absolute atomic E-state index is 13.1. The number of amides is 2. The zero-order valence-electron chi connectivity index (χ0n) is 16.7. The standard InChI is InChI=1S/C22H26FN3O3.ClH/c23-17-7-5-16(6-8-17)19-9-10-20(29-19)22(28)26-12-2-3-15(14-26)13-25-21(27)18-4-1-11-24-18;/h5-10,15,18,24H,1-4,11-14H2,(H,25,27);1H. The van der Waals surface area contributed by atoms with E-state index in [1.54, 1.807) is 29.2 Å². The molecule has 4 rings (SSSR count). The summed E-state index contributed by atoms with van der Waals surface area (Å²) >= 11 is 0. The van der Waals surface area contributed by atoms with E-state index in [1.807, 2.05) is 0 Å². The molecule has 2 atom stereocenters.